The number of phenols is 2. The van der Waals surface area contributed by atoms with Crippen LogP contribution in [0.2, 0.25) is 0 Å². The van der Waals surface area contributed by atoms with E-state index in [2.05, 4.69) is 65.8 Å². The maximum absolute atomic E-state index is 11.6. The predicted octanol–water partition coefficient (Wildman–Crippen LogP) is 15.3. The normalized spacial score (nSPS) is 10.8. The molecular formula is C63H62HfO6-2. The van der Waals surface area contributed by atoms with Gasteiger partial charge in [0.05, 0.1) is 25.8 Å². The second-order valence-corrected chi connectivity index (χ2v) is 18.8. The van der Waals surface area contributed by atoms with Crippen molar-refractivity contribution in [2.24, 2.45) is 0 Å². The molecule has 6 nitrogen and oxygen atoms in total. The van der Waals surface area contributed by atoms with Gasteiger partial charge in [-0.05, 0) is 88.7 Å². The zero-order valence-electron chi connectivity index (χ0n) is 41.0. The average Bonchev–Trinajstić information content (AvgIpc) is 3.37. The molecule has 8 aromatic carbocycles. The Kier molecular flexibility index (Phi) is 20.3. The van der Waals surface area contributed by atoms with Crippen LogP contribution in [0.15, 0.2) is 194 Å². The molecule has 0 unspecified atom stereocenters. The maximum Gasteiger partial charge on any atom is 0.131 e. The van der Waals surface area contributed by atoms with Crippen molar-refractivity contribution in [3.8, 4) is 67.5 Å². The van der Waals surface area contributed by atoms with E-state index in [0.29, 0.717) is 24.3 Å². The SMILES string of the molecule is CC(C)(C)c1cc(-c2ccccc2)c(O)c(-c2ccccc2OCCCCCOc2ccccc2-c2cc(C(C)(C)C)cc(-c3ccccc3)c2O)c1.O=[C-]c1ccccc1.O=[C-]c1ccccc1.[Hf]. The number of aromatic hydroxyl groups is 2. The van der Waals surface area contributed by atoms with E-state index in [0.717, 1.165) is 86.4 Å². The summed E-state index contributed by atoms with van der Waals surface area (Å²) >= 11 is 0. The number of carbonyl (C=O) groups excluding carboxylic acids is 2. The van der Waals surface area contributed by atoms with E-state index in [1.54, 1.807) is 61.1 Å². The van der Waals surface area contributed by atoms with Gasteiger partial charge >= 0.3 is 0 Å². The minimum absolute atomic E-state index is 0. The summed E-state index contributed by atoms with van der Waals surface area (Å²) in [6.07, 6.45) is 6.20. The Hall–Kier alpha value is -6.83. The molecule has 0 atom stereocenters. The zero-order chi connectivity index (χ0) is 49.2. The Bertz CT molecular complexity index is 2670. The average molecular weight is 1090 g/mol. The van der Waals surface area contributed by atoms with Crippen LogP contribution in [-0.4, -0.2) is 36.0 Å². The van der Waals surface area contributed by atoms with Crippen molar-refractivity contribution in [3.05, 3.63) is 216 Å². The van der Waals surface area contributed by atoms with Crippen LogP contribution in [0.5, 0.6) is 23.0 Å². The second-order valence-electron chi connectivity index (χ2n) is 18.8. The monoisotopic (exact) mass is 1090 g/mol. The molecule has 8 rings (SSSR count). The quantitative estimate of drug-likeness (QED) is 0.0640. The summed E-state index contributed by atoms with van der Waals surface area (Å²) in [5.74, 6) is 2.02. The fourth-order valence-electron chi connectivity index (χ4n) is 7.61. The fraction of sp³-hybridized carbons (Fsp3) is 0.206. The molecule has 7 heteroatoms. The van der Waals surface area contributed by atoms with Crippen molar-refractivity contribution in [1.29, 1.82) is 0 Å². The third kappa shape index (κ3) is 15.1. The van der Waals surface area contributed by atoms with Crippen molar-refractivity contribution in [3.63, 3.8) is 0 Å². The van der Waals surface area contributed by atoms with Gasteiger partial charge in [-0.2, -0.15) is 35.4 Å². The van der Waals surface area contributed by atoms with Crippen molar-refractivity contribution in [1.82, 2.24) is 0 Å². The minimum Gasteiger partial charge on any atom is -0.507 e. The molecule has 0 saturated carbocycles. The minimum atomic E-state index is -0.105. The summed E-state index contributed by atoms with van der Waals surface area (Å²) in [6.45, 7) is 14.3. The molecule has 356 valence electrons. The van der Waals surface area contributed by atoms with Crippen molar-refractivity contribution in [2.75, 3.05) is 13.2 Å². The van der Waals surface area contributed by atoms with E-state index in [4.69, 9.17) is 9.47 Å². The second kappa shape index (κ2) is 26.2. The van der Waals surface area contributed by atoms with Crippen LogP contribution in [0, 0.1) is 0 Å². The first kappa shape index (κ1) is 54.1. The molecule has 0 fully saturated rings. The van der Waals surface area contributed by atoms with Gasteiger partial charge < -0.3 is 29.3 Å². The van der Waals surface area contributed by atoms with Crippen LogP contribution in [0.25, 0.3) is 44.5 Å². The summed E-state index contributed by atoms with van der Waals surface area (Å²) in [5, 5.41) is 23.2. The number of benzene rings is 8. The molecule has 70 heavy (non-hydrogen) atoms. The van der Waals surface area contributed by atoms with Crippen LogP contribution >= 0.6 is 0 Å². The molecule has 0 heterocycles. The van der Waals surface area contributed by atoms with Crippen LogP contribution in [0.4, 0.5) is 0 Å². The van der Waals surface area contributed by atoms with Crippen LogP contribution < -0.4 is 9.47 Å². The van der Waals surface area contributed by atoms with Crippen molar-refractivity contribution >= 4 is 12.6 Å². The molecule has 0 aliphatic rings. The van der Waals surface area contributed by atoms with Crippen LogP contribution in [0.1, 0.15) is 83.1 Å². The molecular weight excluding hydrogens is 1030 g/mol. The first-order valence-electron chi connectivity index (χ1n) is 23.4. The molecule has 0 aliphatic carbocycles. The number of unbranched alkanes of at least 4 members (excludes halogenated alkanes) is 2. The first-order chi connectivity index (χ1) is 33.3. The Balaban J connectivity index is 0.000000453. The molecule has 2 N–H and O–H groups in total. The molecule has 0 radical (unpaired) electrons. The number of rotatable bonds is 14. The summed E-state index contributed by atoms with van der Waals surface area (Å²) in [5.41, 5.74) is 10.2. The third-order valence-corrected chi connectivity index (χ3v) is 11.6. The number of ether oxygens (including phenoxy) is 2. The molecule has 0 amide bonds. The van der Waals surface area contributed by atoms with E-state index in [-0.39, 0.29) is 48.2 Å². The molecule has 8 aromatic rings. The van der Waals surface area contributed by atoms with Gasteiger partial charge in [0.25, 0.3) is 0 Å². The van der Waals surface area contributed by atoms with Gasteiger partial charge in [-0.1, -0.05) is 151 Å². The molecule has 0 bridgehead atoms. The van der Waals surface area contributed by atoms with E-state index >= 15 is 0 Å². The van der Waals surface area contributed by atoms with E-state index in [1.807, 2.05) is 121 Å². The summed E-state index contributed by atoms with van der Waals surface area (Å²) in [7, 11) is 0. The summed E-state index contributed by atoms with van der Waals surface area (Å²) < 4.78 is 12.8. The maximum atomic E-state index is 11.6. The van der Waals surface area contributed by atoms with Crippen molar-refractivity contribution < 1.29 is 55.1 Å². The van der Waals surface area contributed by atoms with Gasteiger partial charge in [-0.15, -0.1) is 24.3 Å². The van der Waals surface area contributed by atoms with E-state index in [1.165, 1.54) is 0 Å². The van der Waals surface area contributed by atoms with Crippen LogP contribution in [-0.2, 0) is 46.3 Å². The van der Waals surface area contributed by atoms with Crippen LogP contribution in [0.3, 0.4) is 0 Å². The largest absolute Gasteiger partial charge is 0.507 e. The predicted molar refractivity (Wildman–Crippen MR) is 283 cm³/mol. The number of para-hydroxylation sites is 2. The molecule has 0 aliphatic heterocycles. The van der Waals surface area contributed by atoms with E-state index in [9.17, 15) is 19.8 Å². The molecule has 0 aromatic heterocycles. The van der Waals surface area contributed by atoms with Gasteiger partial charge in [0.15, 0.2) is 0 Å². The Morgan fingerprint density at radius 2 is 0.686 bits per heavy atom. The Morgan fingerprint density at radius 3 is 1.00 bits per heavy atom. The zero-order valence-corrected chi connectivity index (χ0v) is 44.6. The number of hydrogen-bond acceptors (Lipinski definition) is 6. The Labute approximate surface area is 433 Å². The summed E-state index contributed by atoms with van der Waals surface area (Å²) in [4.78, 5) is 19.8. The number of phenolic OH excluding ortho intramolecular Hbond substituents is 2. The molecule has 0 saturated heterocycles. The van der Waals surface area contributed by atoms with Gasteiger partial charge in [-0.25, -0.2) is 0 Å². The van der Waals surface area contributed by atoms with Gasteiger partial charge in [0, 0.05) is 59.2 Å². The van der Waals surface area contributed by atoms with Gasteiger partial charge in [0.1, 0.15) is 23.0 Å². The third-order valence-electron chi connectivity index (χ3n) is 11.6. The fourth-order valence-corrected chi connectivity index (χ4v) is 7.61. The van der Waals surface area contributed by atoms with Gasteiger partial charge in [-0.3, -0.25) is 0 Å². The number of hydrogen-bond donors (Lipinski definition) is 2. The first-order valence-corrected chi connectivity index (χ1v) is 23.4. The standard InChI is InChI=1S/C49H52O4.2C7H5O.Hf/c1-48(2,3)36-30-40(34-20-10-7-11-21-34)46(50)42(32-36)38-24-14-16-26-44(38)52-28-18-9-19-29-53-45-27-17-15-25-39(45)43-33-37(49(4,5)6)31-41(47(43)51)35-22-12-8-13-23-35;2*8-6-7-4-2-1-3-5-7;/h7-8,10-17,20-27,30-33,50-51H,9,18-19,28-29H2,1-6H3;2*1-5H;/q;2*-1;. The van der Waals surface area contributed by atoms with E-state index < -0.39 is 0 Å². The topological polar surface area (TPSA) is 93.1 Å². The smallest absolute Gasteiger partial charge is 0.131 e. The van der Waals surface area contributed by atoms with Crippen molar-refractivity contribution in [2.45, 2.75) is 71.6 Å². The molecule has 0 spiro atoms. The summed E-state index contributed by atoms with van der Waals surface area (Å²) in [6, 6.07) is 62.3. The van der Waals surface area contributed by atoms with Gasteiger partial charge in [0.2, 0.25) is 0 Å². The Morgan fingerprint density at radius 1 is 0.386 bits per heavy atom.